The molecule has 0 radical (unpaired) electrons. The summed E-state index contributed by atoms with van der Waals surface area (Å²) in [6, 6.07) is 0. The van der Waals surface area contributed by atoms with E-state index in [2.05, 4.69) is 48.7 Å². The van der Waals surface area contributed by atoms with Crippen molar-refractivity contribution in [1.29, 1.82) is 0 Å². The zero-order valence-electron chi connectivity index (χ0n) is 17.3. The van der Waals surface area contributed by atoms with E-state index < -0.39 is 0 Å². The SMILES string of the molecule is COC1CC[C@@]2(C)C(=CC(C)[C@@H]3[C@H]2CC[C@]2(C)C(n4ccnc4)=CC[C@@H]32)C1. The van der Waals surface area contributed by atoms with Gasteiger partial charge < -0.3 is 9.30 Å². The van der Waals surface area contributed by atoms with Crippen LogP contribution in [0.15, 0.2) is 36.4 Å². The number of rotatable bonds is 2. The van der Waals surface area contributed by atoms with Crippen LogP contribution in [-0.4, -0.2) is 22.8 Å². The van der Waals surface area contributed by atoms with Crippen LogP contribution < -0.4 is 0 Å². The first-order chi connectivity index (χ1) is 13.0. The van der Waals surface area contributed by atoms with Gasteiger partial charge >= 0.3 is 0 Å². The van der Waals surface area contributed by atoms with Gasteiger partial charge in [-0.1, -0.05) is 38.5 Å². The first-order valence-electron chi connectivity index (χ1n) is 10.9. The fraction of sp³-hybridized carbons (Fsp3) is 0.708. The van der Waals surface area contributed by atoms with E-state index in [4.69, 9.17) is 4.74 Å². The number of nitrogens with zero attached hydrogens (tertiary/aromatic N) is 2. The fourth-order valence-electron chi connectivity index (χ4n) is 7.54. The van der Waals surface area contributed by atoms with Crippen LogP contribution in [0.3, 0.4) is 0 Å². The van der Waals surface area contributed by atoms with Crippen LogP contribution in [0, 0.1) is 34.5 Å². The molecule has 0 aromatic carbocycles. The third-order valence-corrected chi connectivity index (χ3v) is 9.04. The Bertz CT molecular complexity index is 778. The van der Waals surface area contributed by atoms with Crippen molar-refractivity contribution in [2.75, 3.05) is 7.11 Å². The highest BCUT2D eigenvalue weighted by atomic mass is 16.5. The van der Waals surface area contributed by atoms with E-state index in [0.29, 0.717) is 22.9 Å². The lowest BCUT2D eigenvalue weighted by atomic mass is 9.46. The van der Waals surface area contributed by atoms with Gasteiger partial charge in [-0.2, -0.15) is 0 Å². The standard InChI is InChI=1S/C24H34N2O/c1-16-13-17-14-18(27-4)7-9-23(17,2)20-8-10-24(3)19(22(16)20)5-6-21(24)26-12-11-25-15-26/h6,11-13,15-16,18-20,22H,5,7-10,14H2,1-4H3/t16?,18?,19-,20+,22-,23-,24-/m0/s1. The lowest BCUT2D eigenvalue weighted by Crippen LogP contribution is -2.52. The maximum absolute atomic E-state index is 5.74. The highest BCUT2D eigenvalue weighted by Gasteiger charge is 2.58. The van der Waals surface area contributed by atoms with Crippen molar-refractivity contribution in [2.45, 2.75) is 65.4 Å². The second-order valence-corrected chi connectivity index (χ2v) is 10.1. The van der Waals surface area contributed by atoms with Gasteiger partial charge in [0.2, 0.25) is 0 Å². The van der Waals surface area contributed by atoms with E-state index in [1.165, 1.54) is 37.8 Å². The van der Waals surface area contributed by atoms with Crippen LogP contribution in [0.5, 0.6) is 0 Å². The zero-order valence-corrected chi connectivity index (χ0v) is 17.3. The average Bonchev–Trinajstić information content (AvgIpc) is 3.29. The maximum Gasteiger partial charge on any atom is 0.0989 e. The number of hydrogen-bond donors (Lipinski definition) is 0. The fourth-order valence-corrected chi connectivity index (χ4v) is 7.54. The molecule has 146 valence electrons. The van der Waals surface area contributed by atoms with Gasteiger partial charge in [0, 0.05) is 30.6 Å². The second kappa shape index (κ2) is 6.07. The quantitative estimate of drug-likeness (QED) is 0.641. The minimum absolute atomic E-state index is 0.293. The summed E-state index contributed by atoms with van der Waals surface area (Å²) in [5.74, 6) is 3.07. The molecule has 2 unspecified atom stereocenters. The molecule has 5 rings (SSSR count). The van der Waals surface area contributed by atoms with Gasteiger partial charge in [-0.05, 0) is 67.6 Å². The molecule has 1 aromatic rings. The van der Waals surface area contributed by atoms with Crippen LogP contribution in [0.4, 0.5) is 0 Å². The first-order valence-corrected chi connectivity index (χ1v) is 10.9. The molecule has 3 heteroatoms. The van der Waals surface area contributed by atoms with E-state index >= 15 is 0 Å². The van der Waals surface area contributed by atoms with Crippen LogP contribution in [-0.2, 0) is 4.74 Å². The molecular weight excluding hydrogens is 332 g/mol. The Morgan fingerprint density at radius 3 is 2.70 bits per heavy atom. The topological polar surface area (TPSA) is 27.1 Å². The third-order valence-electron chi connectivity index (χ3n) is 9.04. The van der Waals surface area contributed by atoms with Crippen LogP contribution in [0.1, 0.15) is 59.3 Å². The summed E-state index contributed by atoms with van der Waals surface area (Å²) in [5, 5.41) is 0. The van der Waals surface area contributed by atoms with Crippen LogP contribution >= 0.6 is 0 Å². The van der Waals surface area contributed by atoms with E-state index in [-0.39, 0.29) is 0 Å². The minimum atomic E-state index is 0.293. The molecule has 0 spiro atoms. The summed E-state index contributed by atoms with van der Waals surface area (Å²) < 4.78 is 8.02. The molecule has 1 aromatic heterocycles. The number of ether oxygens (including phenoxy) is 1. The number of imidazole rings is 1. The lowest BCUT2D eigenvalue weighted by Gasteiger charge is -2.59. The van der Waals surface area contributed by atoms with E-state index in [0.717, 1.165) is 24.2 Å². The number of aromatic nitrogens is 2. The molecule has 0 bridgehead atoms. The highest BCUT2D eigenvalue weighted by Crippen LogP contribution is 2.66. The van der Waals surface area contributed by atoms with Gasteiger partial charge in [0.25, 0.3) is 0 Å². The summed E-state index contributed by atoms with van der Waals surface area (Å²) in [5.41, 5.74) is 3.89. The number of fused-ring (bicyclic) bond motifs is 5. The Labute approximate surface area is 163 Å². The smallest absolute Gasteiger partial charge is 0.0989 e. The van der Waals surface area contributed by atoms with Crippen molar-refractivity contribution in [1.82, 2.24) is 9.55 Å². The summed E-state index contributed by atoms with van der Waals surface area (Å²) in [6.45, 7) is 7.60. The van der Waals surface area contributed by atoms with Crippen LogP contribution in [0.25, 0.3) is 5.70 Å². The van der Waals surface area contributed by atoms with Gasteiger partial charge in [0.1, 0.15) is 0 Å². The molecule has 1 heterocycles. The van der Waals surface area contributed by atoms with Crippen molar-refractivity contribution in [3.8, 4) is 0 Å². The predicted octanol–water partition coefficient (Wildman–Crippen LogP) is 5.56. The number of hydrogen-bond acceptors (Lipinski definition) is 2. The van der Waals surface area contributed by atoms with Crippen molar-refractivity contribution < 1.29 is 4.74 Å². The Morgan fingerprint density at radius 2 is 1.96 bits per heavy atom. The van der Waals surface area contributed by atoms with Gasteiger partial charge in [-0.3, -0.25) is 0 Å². The molecule has 0 saturated heterocycles. The molecule has 3 nitrogen and oxygen atoms in total. The molecule has 0 aliphatic heterocycles. The summed E-state index contributed by atoms with van der Waals surface area (Å²) in [7, 11) is 1.89. The van der Waals surface area contributed by atoms with Gasteiger partial charge in [0.05, 0.1) is 12.4 Å². The van der Waals surface area contributed by atoms with E-state index in [1.54, 1.807) is 5.57 Å². The summed E-state index contributed by atoms with van der Waals surface area (Å²) in [6.07, 6.45) is 19.2. The van der Waals surface area contributed by atoms with Crippen molar-refractivity contribution in [2.24, 2.45) is 34.5 Å². The number of methoxy groups -OCH3 is 1. The van der Waals surface area contributed by atoms with Crippen LogP contribution in [0.2, 0.25) is 0 Å². The van der Waals surface area contributed by atoms with E-state index in [9.17, 15) is 0 Å². The molecule has 2 saturated carbocycles. The molecule has 0 amide bonds. The Kier molecular flexibility index (Phi) is 3.99. The normalized spacial score (nSPS) is 46.1. The Balaban J connectivity index is 1.50. The van der Waals surface area contributed by atoms with Crippen molar-refractivity contribution >= 4 is 5.70 Å². The van der Waals surface area contributed by atoms with Gasteiger partial charge in [-0.15, -0.1) is 0 Å². The molecule has 27 heavy (non-hydrogen) atoms. The molecule has 0 N–H and O–H groups in total. The largest absolute Gasteiger partial charge is 0.381 e. The highest BCUT2D eigenvalue weighted by molar-refractivity contribution is 5.57. The van der Waals surface area contributed by atoms with Crippen molar-refractivity contribution in [3.63, 3.8) is 0 Å². The Morgan fingerprint density at radius 1 is 1.15 bits per heavy atom. The lowest BCUT2D eigenvalue weighted by molar-refractivity contribution is -0.0481. The molecule has 2 fully saturated rings. The van der Waals surface area contributed by atoms with E-state index in [1.807, 2.05) is 19.6 Å². The molecule has 4 aliphatic rings. The first kappa shape index (κ1) is 17.7. The average molecular weight is 367 g/mol. The maximum atomic E-state index is 5.74. The van der Waals surface area contributed by atoms with Gasteiger partial charge in [0.15, 0.2) is 0 Å². The second-order valence-electron chi connectivity index (χ2n) is 10.1. The summed E-state index contributed by atoms with van der Waals surface area (Å²) in [4.78, 5) is 4.31. The molecular formula is C24H34N2O. The van der Waals surface area contributed by atoms with Crippen molar-refractivity contribution in [3.05, 3.63) is 36.4 Å². The minimum Gasteiger partial charge on any atom is -0.381 e. The summed E-state index contributed by atoms with van der Waals surface area (Å²) >= 11 is 0. The molecule has 4 aliphatic carbocycles. The third kappa shape index (κ3) is 2.40. The van der Waals surface area contributed by atoms with Gasteiger partial charge in [-0.25, -0.2) is 4.98 Å². The zero-order chi connectivity index (χ0) is 18.8. The predicted molar refractivity (Wildman–Crippen MR) is 109 cm³/mol. The molecule has 7 atom stereocenters. The monoisotopic (exact) mass is 366 g/mol. The number of allylic oxidation sites excluding steroid dienone is 3. The Hall–Kier alpha value is -1.35.